The van der Waals surface area contributed by atoms with Gasteiger partial charge in [0, 0.05) is 68.5 Å². The molecule has 52 heavy (non-hydrogen) atoms. The molecule has 4 aliphatic rings. The Labute approximate surface area is 296 Å². The standard InChI is InChI=1S/2C20H16N4O2/c2*25-19(15-8-14(15)11-4-2-1-3-5-11)23-13-6-16-18-12(9-21-17(18)7-13)10-22-24-20(16)26/h2*1-7,9-10,14-15,21H,8H2,(H,23,25)(H,24,26)/t2*14-,15+/m10/s1. The Bertz CT molecular complexity index is 2310. The molecule has 0 saturated heterocycles. The fourth-order valence-corrected chi connectivity index (χ4v) is 7.31. The highest BCUT2D eigenvalue weighted by molar-refractivity contribution is 6.16. The van der Waals surface area contributed by atoms with Crippen LogP contribution in [0.2, 0.25) is 0 Å². The number of aromatic amines is 2. The molecule has 4 heterocycles. The fraction of sp³-hybridized carbons (Fsp3) is 0.150. The molecule has 12 heteroatoms. The van der Waals surface area contributed by atoms with E-state index in [1.165, 1.54) is 11.1 Å². The minimum absolute atomic E-state index is 0.0116. The molecule has 2 fully saturated rings. The Kier molecular flexibility index (Phi) is 7.50. The zero-order valence-corrected chi connectivity index (χ0v) is 27.6. The van der Waals surface area contributed by atoms with E-state index in [-0.39, 0.29) is 47.3 Å². The van der Waals surface area contributed by atoms with Gasteiger partial charge >= 0.3 is 0 Å². The maximum Gasteiger partial charge on any atom is 0.272 e. The summed E-state index contributed by atoms with van der Waals surface area (Å²) in [4.78, 5) is 56.0. The normalized spacial score (nSPS) is 20.5. The molecule has 12 nitrogen and oxygen atoms in total. The second kappa shape index (κ2) is 12.5. The van der Waals surface area contributed by atoms with Gasteiger partial charge in [-0.15, -0.1) is 0 Å². The van der Waals surface area contributed by atoms with E-state index in [1.807, 2.05) is 48.5 Å². The van der Waals surface area contributed by atoms with Crippen LogP contribution in [0.25, 0.3) is 21.8 Å². The average Bonchev–Trinajstić information content (AvgIpc) is 4.08. The highest BCUT2D eigenvalue weighted by Gasteiger charge is 2.44. The van der Waals surface area contributed by atoms with E-state index >= 15 is 0 Å². The smallest absolute Gasteiger partial charge is 0.272 e. The number of nitrogens with one attached hydrogen (secondary N) is 6. The Morgan fingerprint density at radius 3 is 1.44 bits per heavy atom. The van der Waals surface area contributed by atoms with E-state index in [4.69, 9.17) is 0 Å². The van der Waals surface area contributed by atoms with Crippen LogP contribution < -0.4 is 21.5 Å². The number of carbonyl (C=O) groups excluding carboxylic acids is 4. The van der Waals surface area contributed by atoms with Gasteiger partial charge in [0.2, 0.25) is 11.8 Å². The van der Waals surface area contributed by atoms with E-state index in [0.29, 0.717) is 22.5 Å². The van der Waals surface area contributed by atoms with Gasteiger partial charge in [0.25, 0.3) is 11.8 Å². The monoisotopic (exact) mass is 688 g/mol. The van der Waals surface area contributed by atoms with Crippen molar-refractivity contribution < 1.29 is 19.2 Å². The van der Waals surface area contributed by atoms with Crippen molar-refractivity contribution in [2.75, 3.05) is 10.6 Å². The van der Waals surface area contributed by atoms with E-state index < -0.39 is 0 Å². The lowest BCUT2D eigenvalue weighted by atomic mass is 10.0. The highest BCUT2D eigenvalue weighted by atomic mass is 16.2. The summed E-state index contributed by atoms with van der Waals surface area (Å²) >= 11 is 0. The topological polar surface area (TPSA) is 173 Å². The molecule has 2 aliphatic heterocycles. The third-order valence-electron chi connectivity index (χ3n) is 10.1. The van der Waals surface area contributed by atoms with E-state index in [9.17, 15) is 19.2 Å². The van der Waals surface area contributed by atoms with Crippen LogP contribution >= 0.6 is 0 Å². The molecule has 2 aliphatic carbocycles. The Hall–Kier alpha value is -6.82. The average molecular weight is 689 g/mol. The second-order valence-electron chi connectivity index (χ2n) is 13.5. The number of carbonyl (C=O) groups is 4. The molecule has 0 unspecified atom stereocenters. The minimum atomic E-state index is -0.283. The molecule has 2 aromatic heterocycles. The summed E-state index contributed by atoms with van der Waals surface area (Å²) in [5.74, 6) is -0.0915. The lowest BCUT2D eigenvalue weighted by Crippen LogP contribution is -2.18. The Morgan fingerprint density at radius 1 is 0.596 bits per heavy atom. The summed E-state index contributed by atoms with van der Waals surface area (Å²) in [5.41, 5.74) is 12.9. The van der Waals surface area contributed by atoms with Gasteiger partial charge in [-0.1, -0.05) is 60.7 Å². The molecule has 0 radical (unpaired) electrons. The number of rotatable bonds is 6. The zero-order chi connectivity index (χ0) is 35.3. The van der Waals surface area contributed by atoms with Crippen LogP contribution in [0.4, 0.5) is 11.4 Å². The van der Waals surface area contributed by atoms with Crippen LogP contribution in [0.1, 0.15) is 67.6 Å². The molecule has 4 atom stereocenters. The quantitative estimate of drug-likeness (QED) is 0.127. The van der Waals surface area contributed by atoms with E-state index in [2.05, 4.69) is 65.9 Å². The van der Waals surface area contributed by atoms with Gasteiger partial charge in [0.05, 0.1) is 23.6 Å². The maximum absolute atomic E-state index is 12.6. The summed E-state index contributed by atoms with van der Waals surface area (Å²) in [6.07, 6.45) is 8.53. The van der Waals surface area contributed by atoms with Crippen molar-refractivity contribution in [3.8, 4) is 0 Å². The van der Waals surface area contributed by atoms with Crippen molar-refractivity contribution in [3.63, 3.8) is 0 Å². The number of benzene rings is 4. The molecule has 6 N–H and O–H groups in total. The van der Waals surface area contributed by atoms with Gasteiger partial charge in [0.15, 0.2) is 0 Å². The number of amides is 4. The summed E-state index contributed by atoms with van der Waals surface area (Å²) in [6.45, 7) is 0. The highest BCUT2D eigenvalue weighted by Crippen LogP contribution is 2.49. The number of anilines is 2. The molecule has 6 aromatic rings. The first kappa shape index (κ1) is 31.2. The molecular weight excluding hydrogens is 656 g/mol. The van der Waals surface area contributed by atoms with Crippen LogP contribution in [0, 0.1) is 11.8 Å². The lowest BCUT2D eigenvalue weighted by Gasteiger charge is -2.08. The Balaban J connectivity index is 0.000000138. The number of hydrogen-bond donors (Lipinski definition) is 6. The van der Waals surface area contributed by atoms with E-state index in [1.54, 1.807) is 37.0 Å². The summed E-state index contributed by atoms with van der Waals surface area (Å²) in [5, 5.41) is 15.4. The molecule has 256 valence electrons. The van der Waals surface area contributed by atoms with Gasteiger partial charge in [-0.2, -0.15) is 10.2 Å². The van der Waals surface area contributed by atoms with Crippen LogP contribution in [0.5, 0.6) is 0 Å². The van der Waals surface area contributed by atoms with Gasteiger partial charge in [-0.05, 0) is 60.1 Å². The first-order valence-electron chi connectivity index (χ1n) is 17.1. The fourth-order valence-electron chi connectivity index (χ4n) is 7.31. The zero-order valence-electron chi connectivity index (χ0n) is 27.6. The van der Waals surface area contributed by atoms with Crippen molar-refractivity contribution in [1.29, 1.82) is 0 Å². The number of hydrazone groups is 2. The first-order valence-corrected chi connectivity index (χ1v) is 17.1. The molecule has 0 bridgehead atoms. The Morgan fingerprint density at radius 2 is 1.02 bits per heavy atom. The van der Waals surface area contributed by atoms with E-state index in [0.717, 1.165) is 45.8 Å². The second-order valence-corrected chi connectivity index (χ2v) is 13.5. The SMILES string of the molecule is O=C1NN=Cc2c[nH]c3cc(NC(=O)[C@@H]4C[C@H]4c4ccccc4)cc1c23.O=C1NN=Cc2c[nH]c3cc(NC(=O)[C@H]4C[C@@H]4c4ccccc4)cc1c23. The number of aromatic nitrogens is 2. The maximum atomic E-state index is 12.6. The van der Waals surface area contributed by atoms with Gasteiger partial charge < -0.3 is 20.6 Å². The van der Waals surface area contributed by atoms with Gasteiger partial charge in [0.1, 0.15) is 0 Å². The molecular formula is C40H32N8O4. The van der Waals surface area contributed by atoms with Crippen LogP contribution in [-0.2, 0) is 9.59 Å². The predicted octanol–water partition coefficient (Wildman–Crippen LogP) is 5.97. The lowest BCUT2D eigenvalue weighted by molar-refractivity contribution is -0.118. The van der Waals surface area contributed by atoms with Crippen LogP contribution in [-0.4, -0.2) is 46.0 Å². The van der Waals surface area contributed by atoms with Crippen molar-refractivity contribution >= 4 is 69.2 Å². The summed E-state index contributed by atoms with van der Waals surface area (Å²) < 4.78 is 0. The van der Waals surface area contributed by atoms with Crippen molar-refractivity contribution in [2.45, 2.75) is 24.7 Å². The first-order chi connectivity index (χ1) is 25.4. The van der Waals surface area contributed by atoms with Gasteiger partial charge in [-0.3, -0.25) is 19.2 Å². The van der Waals surface area contributed by atoms with Crippen molar-refractivity contribution in [1.82, 2.24) is 20.8 Å². The van der Waals surface area contributed by atoms with Crippen LogP contribution in [0.15, 0.2) is 108 Å². The number of hydrogen-bond acceptors (Lipinski definition) is 6. The van der Waals surface area contributed by atoms with Crippen LogP contribution in [0.3, 0.4) is 0 Å². The molecule has 2 saturated carbocycles. The number of nitrogens with zero attached hydrogens (tertiary/aromatic N) is 2. The molecule has 0 spiro atoms. The van der Waals surface area contributed by atoms with Crippen molar-refractivity contribution in [2.24, 2.45) is 22.0 Å². The largest absolute Gasteiger partial charge is 0.360 e. The van der Waals surface area contributed by atoms with Crippen molar-refractivity contribution in [3.05, 3.63) is 131 Å². The predicted molar refractivity (Wildman–Crippen MR) is 199 cm³/mol. The summed E-state index contributed by atoms with van der Waals surface area (Å²) in [7, 11) is 0. The molecule has 10 rings (SSSR count). The third kappa shape index (κ3) is 5.79. The third-order valence-corrected chi connectivity index (χ3v) is 10.1. The molecule has 4 amide bonds. The molecule has 4 aromatic carbocycles. The van der Waals surface area contributed by atoms with Gasteiger partial charge in [-0.25, -0.2) is 10.9 Å². The number of H-pyrrole nitrogens is 2. The summed E-state index contributed by atoms with van der Waals surface area (Å²) in [6, 6.07) is 27.3. The minimum Gasteiger partial charge on any atom is -0.360 e.